The molecule has 0 radical (unpaired) electrons. The molecule has 1 unspecified atom stereocenters. The van der Waals surface area contributed by atoms with Crippen LogP contribution >= 0.6 is 0 Å². The Labute approximate surface area is 144 Å². The fraction of sp³-hybridized carbons (Fsp3) is 0.389. The molecular formula is C18H19N3O4. The number of carbonyl (C=O) groups excluding carboxylic acids is 2. The Kier molecular flexibility index (Phi) is 3.91. The minimum absolute atomic E-state index is 0.229. The van der Waals surface area contributed by atoms with E-state index in [-0.39, 0.29) is 18.0 Å². The normalized spacial score (nSPS) is 18.1. The van der Waals surface area contributed by atoms with Crippen LogP contribution in [0, 0.1) is 0 Å². The third-order valence-corrected chi connectivity index (χ3v) is 4.53. The Morgan fingerprint density at radius 1 is 1.36 bits per heavy atom. The molecule has 0 spiro atoms. The van der Waals surface area contributed by atoms with Gasteiger partial charge in [-0.15, -0.1) is 0 Å². The summed E-state index contributed by atoms with van der Waals surface area (Å²) in [5.74, 6) is 0.935. The van der Waals surface area contributed by atoms with Crippen molar-refractivity contribution in [1.29, 1.82) is 0 Å². The van der Waals surface area contributed by atoms with Crippen molar-refractivity contribution in [3.8, 4) is 0 Å². The lowest BCUT2D eigenvalue weighted by atomic mass is 10.1. The number of hydrogen-bond donors (Lipinski definition) is 1. The van der Waals surface area contributed by atoms with Crippen LogP contribution in [0.5, 0.6) is 0 Å². The second kappa shape index (κ2) is 6.23. The maximum Gasteiger partial charge on any atom is 0.414 e. The third kappa shape index (κ3) is 3.22. The lowest BCUT2D eigenvalue weighted by molar-refractivity contribution is 0.0930. The van der Waals surface area contributed by atoms with E-state index in [0.717, 1.165) is 29.9 Å². The number of aromatic nitrogens is 1. The standard InChI is InChI=1S/C18H19N3O4/c1-11(19-17(22)15-10-16(25-20-15)12-5-6-12)13-3-2-4-14(9-13)21-7-8-24-18(21)23/h2-4,9-12H,5-8H2,1H3,(H,19,22). The van der Waals surface area contributed by atoms with Crippen molar-refractivity contribution in [1.82, 2.24) is 10.5 Å². The number of amides is 2. The van der Waals surface area contributed by atoms with E-state index in [9.17, 15) is 9.59 Å². The maximum atomic E-state index is 12.4. The second-order valence-corrected chi connectivity index (χ2v) is 6.44. The topological polar surface area (TPSA) is 84.7 Å². The van der Waals surface area contributed by atoms with Crippen LogP contribution in [0.4, 0.5) is 10.5 Å². The molecule has 4 rings (SSSR count). The number of nitrogens with one attached hydrogen (secondary N) is 1. The summed E-state index contributed by atoms with van der Waals surface area (Å²) in [4.78, 5) is 25.6. The van der Waals surface area contributed by atoms with Gasteiger partial charge in [0.05, 0.1) is 12.6 Å². The summed E-state index contributed by atoms with van der Waals surface area (Å²) in [7, 11) is 0. The molecule has 2 heterocycles. The summed E-state index contributed by atoms with van der Waals surface area (Å²) in [5, 5.41) is 6.78. The minimum atomic E-state index is -0.343. The molecule has 7 heteroatoms. The van der Waals surface area contributed by atoms with Crippen LogP contribution in [-0.4, -0.2) is 30.3 Å². The fourth-order valence-electron chi connectivity index (χ4n) is 2.90. The molecule has 1 saturated heterocycles. The van der Waals surface area contributed by atoms with Gasteiger partial charge in [0.25, 0.3) is 5.91 Å². The van der Waals surface area contributed by atoms with Gasteiger partial charge in [-0.05, 0) is 37.5 Å². The number of ether oxygens (including phenoxy) is 1. The molecule has 1 atom stereocenters. The Bertz CT molecular complexity index is 812. The van der Waals surface area contributed by atoms with Gasteiger partial charge in [0.15, 0.2) is 5.69 Å². The average molecular weight is 341 g/mol. The highest BCUT2D eigenvalue weighted by Gasteiger charge is 2.29. The largest absolute Gasteiger partial charge is 0.447 e. The second-order valence-electron chi connectivity index (χ2n) is 6.44. The smallest absolute Gasteiger partial charge is 0.414 e. The summed E-state index contributed by atoms with van der Waals surface area (Å²) in [6.45, 7) is 2.82. The molecule has 1 N–H and O–H groups in total. The van der Waals surface area contributed by atoms with Crippen LogP contribution in [-0.2, 0) is 4.74 Å². The minimum Gasteiger partial charge on any atom is -0.447 e. The maximum absolute atomic E-state index is 12.4. The van der Waals surface area contributed by atoms with Crippen molar-refractivity contribution in [2.24, 2.45) is 0 Å². The molecule has 2 fully saturated rings. The van der Waals surface area contributed by atoms with Crippen molar-refractivity contribution in [2.45, 2.75) is 31.7 Å². The molecule has 2 aromatic rings. The van der Waals surface area contributed by atoms with Gasteiger partial charge in [0.1, 0.15) is 12.4 Å². The van der Waals surface area contributed by atoms with Gasteiger partial charge < -0.3 is 14.6 Å². The van der Waals surface area contributed by atoms with Gasteiger partial charge in [-0.2, -0.15) is 0 Å². The molecule has 1 aliphatic carbocycles. The Morgan fingerprint density at radius 3 is 2.92 bits per heavy atom. The van der Waals surface area contributed by atoms with Crippen molar-refractivity contribution < 1.29 is 18.8 Å². The zero-order valence-corrected chi connectivity index (χ0v) is 13.9. The van der Waals surface area contributed by atoms with Crippen LogP contribution in [0.2, 0.25) is 0 Å². The highest BCUT2D eigenvalue weighted by Crippen LogP contribution is 2.40. The van der Waals surface area contributed by atoms with Crippen molar-refractivity contribution in [3.63, 3.8) is 0 Å². The van der Waals surface area contributed by atoms with Gasteiger partial charge in [0, 0.05) is 17.7 Å². The number of cyclic esters (lactones) is 1. The van der Waals surface area contributed by atoms with Gasteiger partial charge in [-0.25, -0.2) is 4.79 Å². The van der Waals surface area contributed by atoms with Crippen LogP contribution in [0.3, 0.4) is 0 Å². The first kappa shape index (κ1) is 15.7. The summed E-state index contributed by atoms with van der Waals surface area (Å²) in [6, 6.07) is 9.00. The van der Waals surface area contributed by atoms with E-state index in [1.807, 2.05) is 31.2 Å². The van der Waals surface area contributed by atoms with Crippen LogP contribution in [0.1, 0.15) is 53.5 Å². The summed E-state index contributed by atoms with van der Waals surface area (Å²) < 4.78 is 10.2. The number of anilines is 1. The molecule has 0 bridgehead atoms. The predicted molar refractivity (Wildman–Crippen MR) is 89.5 cm³/mol. The Morgan fingerprint density at radius 2 is 2.20 bits per heavy atom. The van der Waals surface area contributed by atoms with Crippen LogP contribution in [0.15, 0.2) is 34.9 Å². The monoisotopic (exact) mass is 341 g/mol. The Balaban J connectivity index is 1.45. The number of rotatable bonds is 5. The molecule has 1 saturated carbocycles. The average Bonchev–Trinajstić information content (AvgIpc) is 3.18. The van der Waals surface area contributed by atoms with E-state index in [4.69, 9.17) is 9.26 Å². The highest BCUT2D eigenvalue weighted by atomic mass is 16.6. The van der Waals surface area contributed by atoms with E-state index in [2.05, 4.69) is 10.5 Å². The lowest BCUT2D eigenvalue weighted by Gasteiger charge is -2.17. The highest BCUT2D eigenvalue weighted by molar-refractivity contribution is 5.92. The first-order valence-corrected chi connectivity index (χ1v) is 8.43. The summed E-state index contributed by atoms with van der Waals surface area (Å²) >= 11 is 0. The quantitative estimate of drug-likeness (QED) is 0.904. The van der Waals surface area contributed by atoms with Crippen molar-refractivity contribution >= 4 is 17.7 Å². The fourth-order valence-corrected chi connectivity index (χ4v) is 2.90. The predicted octanol–water partition coefficient (Wildman–Crippen LogP) is 3.00. The van der Waals surface area contributed by atoms with E-state index < -0.39 is 0 Å². The zero-order valence-electron chi connectivity index (χ0n) is 13.9. The van der Waals surface area contributed by atoms with Crippen LogP contribution in [0.25, 0.3) is 0 Å². The molecule has 25 heavy (non-hydrogen) atoms. The van der Waals surface area contributed by atoms with E-state index in [0.29, 0.717) is 24.8 Å². The molecular weight excluding hydrogens is 322 g/mol. The third-order valence-electron chi connectivity index (χ3n) is 4.53. The SMILES string of the molecule is CC(NC(=O)c1cc(C2CC2)on1)c1cccc(N2CCOC2=O)c1. The number of carbonyl (C=O) groups is 2. The van der Waals surface area contributed by atoms with E-state index in [1.54, 1.807) is 11.0 Å². The van der Waals surface area contributed by atoms with Gasteiger partial charge in [-0.3, -0.25) is 9.69 Å². The van der Waals surface area contributed by atoms with Gasteiger partial charge in [-0.1, -0.05) is 17.3 Å². The molecule has 1 aliphatic heterocycles. The van der Waals surface area contributed by atoms with E-state index >= 15 is 0 Å². The molecule has 1 aromatic heterocycles. The molecule has 2 amide bonds. The summed E-state index contributed by atoms with van der Waals surface area (Å²) in [5.41, 5.74) is 1.96. The number of hydrogen-bond acceptors (Lipinski definition) is 5. The molecule has 2 aliphatic rings. The van der Waals surface area contributed by atoms with Gasteiger partial charge >= 0.3 is 6.09 Å². The molecule has 130 valence electrons. The van der Waals surface area contributed by atoms with Gasteiger partial charge in [0.2, 0.25) is 0 Å². The molecule has 7 nitrogen and oxygen atoms in total. The van der Waals surface area contributed by atoms with Crippen molar-refractivity contribution in [3.05, 3.63) is 47.3 Å². The van der Waals surface area contributed by atoms with E-state index in [1.165, 1.54) is 0 Å². The summed E-state index contributed by atoms with van der Waals surface area (Å²) in [6.07, 6.45) is 1.85. The lowest BCUT2D eigenvalue weighted by Crippen LogP contribution is -2.27. The number of benzene rings is 1. The zero-order chi connectivity index (χ0) is 17.4. The first-order chi connectivity index (χ1) is 12.1. The van der Waals surface area contributed by atoms with Crippen molar-refractivity contribution in [2.75, 3.05) is 18.1 Å². The number of nitrogens with zero attached hydrogens (tertiary/aromatic N) is 2. The first-order valence-electron chi connectivity index (χ1n) is 8.43. The Hall–Kier alpha value is -2.83. The molecule has 1 aromatic carbocycles. The van der Waals surface area contributed by atoms with Crippen LogP contribution < -0.4 is 10.2 Å².